The number of rotatable bonds is 8. The second-order valence-electron chi connectivity index (χ2n) is 11.8. The van der Waals surface area contributed by atoms with Crippen LogP contribution in [0, 0.1) is 5.92 Å². The van der Waals surface area contributed by atoms with Gasteiger partial charge in [0.1, 0.15) is 6.04 Å². The van der Waals surface area contributed by atoms with Gasteiger partial charge in [-0.1, -0.05) is 30.0 Å². The summed E-state index contributed by atoms with van der Waals surface area (Å²) in [5.41, 5.74) is 2.45. The van der Waals surface area contributed by atoms with Crippen LogP contribution in [0.4, 0.5) is 4.79 Å². The van der Waals surface area contributed by atoms with Gasteiger partial charge in [-0.05, 0) is 93.1 Å². The van der Waals surface area contributed by atoms with Gasteiger partial charge in [0.2, 0.25) is 5.91 Å². The molecule has 3 heterocycles. The van der Waals surface area contributed by atoms with Crippen molar-refractivity contribution in [3.8, 4) is 0 Å². The first-order valence-electron chi connectivity index (χ1n) is 15.8. The van der Waals surface area contributed by atoms with E-state index in [-0.39, 0.29) is 23.8 Å². The average Bonchev–Trinajstić information content (AvgIpc) is 3.73. The van der Waals surface area contributed by atoms with Crippen molar-refractivity contribution in [3.63, 3.8) is 0 Å². The maximum absolute atomic E-state index is 14.2. The van der Waals surface area contributed by atoms with Gasteiger partial charge in [-0.25, -0.2) is 4.79 Å². The minimum atomic E-state index is -0.791. The van der Waals surface area contributed by atoms with Gasteiger partial charge < -0.3 is 20.6 Å². The SMILES string of the molecule is CNC(=O)c1ccccc1Sc1ccc2c(/C=C/c3ccccn3)nn(C(=O)N3CCC[C@H]3C(=O)NC3CCC(C(=O)O)CC3)c2c1. The first-order valence-corrected chi connectivity index (χ1v) is 16.6. The largest absolute Gasteiger partial charge is 0.481 e. The lowest BCUT2D eigenvalue weighted by Crippen LogP contribution is -2.50. The van der Waals surface area contributed by atoms with Crippen molar-refractivity contribution in [2.45, 2.75) is 60.4 Å². The van der Waals surface area contributed by atoms with Crippen molar-refractivity contribution in [3.05, 3.63) is 83.8 Å². The highest BCUT2D eigenvalue weighted by Gasteiger charge is 2.37. The fourth-order valence-corrected chi connectivity index (χ4v) is 7.24. The highest BCUT2D eigenvalue weighted by molar-refractivity contribution is 7.99. The van der Waals surface area contributed by atoms with Crippen molar-refractivity contribution in [2.75, 3.05) is 13.6 Å². The molecule has 0 bridgehead atoms. The molecule has 1 atom stereocenters. The van der Waals surface area contributed by atoms with Gasteiger partial charge in [0.25, 0.3) is 5.91 Å². The van der Waals surface area contributed by atoms with E-state index in [4.69, 9.17) is 5.10 Å². The van der Waals surface area contributed by atoms with Crippen molar-refractivity contribution in [1.29, 1.82) is 0 Å². The predicted molar refractivity (Wildman–Crippen MR) is 179 cm³/mol. The van der Waals surface area contributed by atoms with Crippen LogP contribution in [0.15, 0.2) is 76.7 Å². The zero-order chi connectivity index (χ0) is 32.9. The second-order valence-corrected chi connectivity index (χ2v) is 12.9. The summed E-state index contributed by atoms with van der Waals surface area (Å²) in [6.45, 7) is 0.414. The van der Waals surface area contributed by atoms with Gasteiger partial charge in [0.15, 0.2) is 0 Å². The molecule has 4 aromatic rings. The molecule has 2 fully saturated rings. The number of pyridine rings is 1. The Morgan fingerprint density at radius 3 is 2.49 bits per heavy atom. The van der Waals surface area contributed by atoms with E-state index in [1.807, 2.05) is 66.7 Å². The van der Waals surface area contributed by atoms with Crippen molar-refractivity contribution in [2.24, 2.45) is 5.92 Å². The molecule has 2 aromatic heterocycles. The number of carbonyl (C=O) groups excluding carboxylic acids is 3. The maximum atomic E-state index is 14.2. The number of nitrogens with one attached hydrogen (secondary N) is 2. The first-order chi connectivity index (χ1) is 22.8. The molecule has 6 rings (SSSR count). The molecule has 1 saturated carbocycles. The van der Waals surface area contributed by atoms with Crippen molar-refractivity contribution < 1.29 is 24.3 Å². The van der Waals surface area contributed by atoms with E-state index in [9.17, 15) is 24.3 Å². The number of carboxylic acid groups (broad SMARTS) is 1. The van der Waals surface area contributed by atoms with Gasteiger partial charge in [-0.2, -0.15) is 9.78 Å². The highest BCUT2D eigenvalue weighted by Crippen LogP contribution is 2.34. The number of nitrogens with zero attached hydrogens (tertiary/aromatic N) is 4. The molecule has 242 valence electrons. The van der Waals surface area contributed by atoms with E-state index < -0.39 is 18.0 Å². The molecule has 0 radical (unpaired) electrons. The Kier molecular flexibility index (Phi) is 9.67. The molecule has 3 N–H and O–H groups in total. The molecule has 0 spiro atoms. The van der Waals surface area contributed by atoms with Crippen LogP contribution in [-0.4, -0.2) is 74.3 Å². The number of likely N-dealkylation sites (tertiary alicyclic amines) is 1. The van der Waals surface area contributed by atoms with E-state index in [1.165, 1.54) is 16.4 Å². The highest BCUT2D eigenvalue weighted by atomic mass is 32.2. The summed E-state index contributed by atoms with van der Waals surface area (Å²) in [6.07, 6.45) is 8.82. The van der Waals surface area contributed by atoms with Crippen molar-refractivity contribution in [1.82, 2.24) is 30.3 Å². The van der Waals surface area contributed by atoms with E-state index in [1.54, 1.807) is 24.2 Å². The van der Waals surface area contributed by atoms with E-state index in [0.717, 1.165) is 20.9 Å². The molecular formula is C35H36N6O5S. The quantitative estimate of drug-likeness (QED) is 0.232. The Morgan fingerprint density at radius 1 is 0.957 bits per heavy atom. The van der Waals surface area contributed by atoms with E-state index in [0.29, 0.717) is 61.8 Å². The lowest BCUT2D eigenvalue weighted by atomic mass is 9.86. The lowest BCUT2D eigenvalue weighted by molar-refractivity contribution is -0.142. The number of aromatic nitrogens is 3. The minimum absolute atomic E-state index is 0.109. The van der Waals surface area contributed by atoms with Crippen LogP contribution >= 0.6 is 11.8 Å². The van der Waals surface area contributed by atoms with E-state index >= 15 is 0 Å². The lowest BCUT2D eigenvalue weighted by Gasteiger charge is -2.30. The van der Waals surface area contributed by atoms with Crippen LogP contribution < -0.4 is 10.6 Å². The Balaban J connectivity index is 1.30. The van der Waals surface area contributed by atoms with Crippen LogP contribution in [0.25, 0.3) is 23.1 Å². The fraction of sp³-hybridized carbons (Fsp3) is 0.314. The van der Waals surface area contributed by atoms with Gasteiger partial charge in [-0.3, -0.25) is 19.4 Å². The summed E-state index contributed by atoms with van der Waals surface area (Å²) >= 11 is 1.42. The smallest absolute Gasteiger partial charge is 0.345 e. The zero-order valence-corrected chi connectivity index (χ0v) is 26.8. The molecular weight excluding hydrogens is 616 g/mol. The molecule has 11 nitrogen and oxygen atoms in total. The molecule has 2 aromatic carbocycles. The third kappa shape index (κ3) is 7.07. The molecule has 1 aliphatic heterocycles. The minimum Gasteiger partial charge on any atom is -0.481 e. The monoisotopic (exact) mass is 652 g/mol. The van der Waals surface area contributed by atoms with Gasteiger partial charge in [-0.15, -0.1) is 0 Å². The third-order valence-electron chi connectivity index (χ3n) is 8.77. The Labute approximate surface area is 276 Å². The first kappa shape index (κ1) is 32.0. The van der Waals surface area contributed by atoms with Crippen LogP contribution in [0.5, 0.6) is 0 Å². The number of hydrogen-bond donors (Lipinski definition) is 3. The molecule has 0 unspecified atom stereocenters. The van der Waals surface area contributed by atoms with Crippen molar-refractivity contribution >= 4 is 58.6 Å². The molecule has 2 aliphatic rings. The Morgan fingerprint density at radius 2 is 1.74 bits per heavy atom. The van der Waals surface area contributed by atoms with Gasteiger partial charge in [0.05, 0.1) is 28.4 Å². The summed E-state index contributed by atoms with van der Waals surface area (Å²) in [4.78, 5) is 59.1. The number of amides is 3. The number of carbonyl (C=O) groups is 4. The molecule has 3 amide bonds. The molecule has 1 aliphatic carbocycles. The normalized spacial score (nSPS) is 19.6. The predicted octanol–water partition coefficient (Wildman–Crippen LogP) is 5.30. The number of hydrogen-bond acceptors (Lipinski definition) is 7. The third-order valence-corrected chi connectivity index (χ3v) is 9.84. The number of benzene rings is 2. The number of aliphatic carboxylic acids is 1. The summed E-state index contributed by atoms with van der Waals surface area (Å²) < 4.78 is 1.37. The fourth-order valence-electron chi connectivity index (χ4n) is 6.27. The second kappa shape index (κ2) is 14.2. The van der Waals surface area contributed by atoms with E-state index in [2.05, 4.69) is 15.6 Å². The van der Waals surface area contributed by atoms with Crippen LogP contribution in [0.2, 0.25) is 0 Å². The topological polar surface area (TPSA) is 147 Å². The summed E-state index contributed by atoms with van der Waals surface area (Å²) in [5.74, 6) is -1.57. The summed E-state index contributed by atoms with van der Waals surface area (Å²) in [5, 5.41) is 20.6. The Hall–Kier alpha value is -4.97. The maximum Gasteiger partial charge on any atom is 0.345 e. The standard InChI is InChI=1S/C35H36N6O5S/c1-36-32(42)27-8-2-3-10-31(27)47-25-16-17-26-28(18-15-23-7-4-5-19-37-23)39-41(30(26)21-25)35(46)40-20-6-9-29(40)33(43)38-24-13-11-22(12-14-24)34(44)45/h2-5,7-8,10,15-19,21-22,24,29H,6,9,11-14,20H2,1H3,(H,36,42)(H,38,43)(H,44,45)/b18-15+/t22?,24?,29-/m0/s1. The number of carboxylic acids is 1. The van der Waals surface area contributed by atoms with Gasteiger partial charge >= 0.3 is 12.0 Å². The summed E-state index contributed by atoms with van der Waals surface area (Å²) in [7, 11) is 1.59. The number of fused-ring (bicyclic) bond motifs is 1. The van der Waals surface area contributed by atoms with Crippen LogP contribution in [0.3, 0.4) is 0 Å². The van der Waals surface area contributed by atoms with Crippen LogP contribution in [-0.2, 0) is 9.59 Å². The zero-order valence-electron chi connectivity index (χ0n) is 26.0. The molecule has 1 saturated heterocycles. The average molecular weight is 653 g/mol. The summed E-state index contributed by atoms with van der Waals surface area (Å²) in [6, 6.07) is 17.5. The Bertz CT molecular complexity index is 1830. The van der Waals surface area contributed by atoms with Crippen LogP contribution in [0.1, 0.15) is 60.3 Å². The molecule has 12 heteroatoms. The molecule has 47 heavy (non-hydrogen) atoms. The van der Waals surface area contributed by atoms with Gasteiger partial charge in [0, 0.05) is 41.0 Å².